The molecule has 3 N–H and O–H groups in total. The van der Waals surface area contributed by atoms with Gasteiger partial charge in [-0.3, -0.25) is 4.79 Å². The topological polar surface area (TPSA) is 55.1 Å². The van der Waals surface area contributed by atoms with Gasteiger partial charge in [0.25, 0.3) is 0 Å². The van der Waals surface area contributed by atoms with Crippen LogP contribution in [-0.2, 0) is 4.79 Å². The molecule has 1 amide bonds. The minimum Gasteiger partial charge on any atom is -0.351 e. The zero-order valence-corrected chi connectivity index (χ0v) is 8.18. The molecule has 1 aliphatic carbocycles. The van der Waals surface area contributed by atoms with E-state index in [2.05, 4.69) is 5.32 Å². The van der Waals surface area contributed by atoms with Gasteiger partial charge >= 0.3 is 0 Å². The van der Waals surface area contributed by atoms with E-state index in [-0.39, 0.29) is 11.4 Å². The molecule has 3 heteroatoms. The van der Waals surface area contributed by atoms with Crippen molar-refractivity contribution in [2.24, 2.45) is 5.73 Å². The van der Waals surface area contributed by atoms with Crippen LogP contribution in [0.4, 0.5) is 0 Å². The first kappa shape index (κ1) is 10.3. The molecule has 0 unspecified atom stereocenters. The van der Waals surface area contributed by atoms with Gasteiger partial charge in [0.05, 0.1) is 0 Å². The number of allylic oxidation sites excluding steroid dienone is 1. The molecule has 1 fully saturated rings. The predicted octanol–water partition coefficient (Wildman–Crippen LogP) is 0.950. The van der Waals surface area contributed by atoms with Gasteiger partial charge in [0.15, 0.2) is 0 Å². The van der Waals surface area contributed by atoms with Gasteiger partial charge in [0.1, 0.15) is 0 Å². The van der Waals surface area contributed by atoms with Crippen LogP contribution in [-0.4, -0.2) is 18.0 Å². The number of amides is 1. The molecule has 13 heavy (non-hydrogen) atoms. The summed E-state index contributed by atoms with van der Waals surface area (Å²) in [5.74, 6) is -0.0424. The van der Waals surface area contributed by atoms with Gasteiger partial charge in [0.2, 0.25) is 5.91 Å². The Kier molecular flexibility index (Phi) is 3.48. The molecule has 0 saturated heterocycles. The fraction of sp³-hybridized carbons (Fsp3) is 0.700. The van der Waals surface area contributed by atoms with Gasteiger partial charge in [-0.2, -0.15) is 0 Å². The van der Waals surface area contributed by atoms with Gasteiger partial charge in [-0.1, -0.05) is 18.9 Å². The molecule has 1 saturated carbocycles. The van der Waals surface area contributed by atoms with Crippen molar-refractivity contribution < 1.29 is 4.79 Å². The predicted molar refractivity (Wildman–Crippen MR) is 53.2 cm³/mol. The molecule has 3 nitrogen and oxygen atoms in total. The van der Waals surface area contributed by atoms with Crippen LogP contribution < -0.4 is 11.1 Å². The molecular weight excluding hydrogens is 164 g/mol. The first-order valence-electron chi connectivity index (χ1n) is 4.86. The summed E-state index contributed by atoms with van der Waals surface area (Å²) in [7, 11) is 0. The summed E-state index contributed by atoms with van der Waals surface area (Å²) in [4.78, 5) is 11.1. The Labute approximate surface area is 79.4 Å². The lowest BCUT2D eigenvalue weighted by Crippen LogP contribution is -2.47. The van der Waals surface area contributed by atoms with Crippen LogP contribution in [0.1, 0.15) is 32.6 Å². The molecule has 0 spiro atoms. The largest absolute Gasteiger partial charge is 0.351 e. The smallest absolute Gasteiger partial charge is 0.243 e. The van der Waals surface area contributed by atoms with E-state index in [1.165, 1.54) is 18.9 Å². The Hall–Kier alpha value is -0.830. The highest BCUT2D eigenvalue weighted by Crippen LogP contribution is 2.26. The van der Waals surface area contributed by atoms with Gasteiger partial charge in [-0.15, -0.1) is 0 Å². The van der Waals surface area contributed by atoms with Crippen molar-refractivity contribution in [1.29, 1.82) is 0 Å². The summed E-state index contributed by atoms with van der Waals surface area (Å²) in [5.41, 5.74) is 5.92. The van der Waals surface area contributed by atoms with E-state index in [1.807, 2.05) is 6.92 Å². The fourth-order valence-corrected chi connectivity index (χ4v) is 1.73. The standard InChI is InChI=1S/C10H18N2O/c1-2-5-9(13)12-8-10(11)6-3-4-7-10/h2,5H,3-4,6-8,11H2,1H3,(H,12,13)/b5-2+. The minimum atomic E-state index is -0.142. The molecule has 0 bridgehead atoms. The monoisotopic (exact) mass is 182 g/mol. The molecule has 1 aliphatic rings. The highest BCUT2D eigenvalue weighted by Gasteiger charge is 2.29. The number of nitrogens with two attached hydrogens (primary N) is 1. The summed E-state index contributed by atoms with van der Waals surface area (Å²) in [6.07, 6.45) is 7.70. The molecule has 0 heterocycles. The maximum atomic E-state index is 11.1. The van der Waals surface area contributed by atoms with Crippen LogP contribution in [0.5, 0.6) is 0 Å². The summed E-state index contributed by atoms with van der Waals surface area (Å²) in [6, 6.07) is 0. The van der Waals surface area contributed by atoms with Crippen molar-refractivity contribution in [3.05, 3.63) is 12.2 Å². The maximum Gasteiger partial charge on any atom is 0.243 e. The average Bonchev–Trinajstić information content (AvgIpc) is 2.51. The second kappa shape index (κ2) is 4.42. The molecule has 0 aromatic heterocycles. The van der Waals surface area contributed by atoms with Crippen LogP contribution in [0.15, 0.2) is 12.2 Å². The first-order chi connectivity index (χ1) is 6.16. The van der Waals surface area contributed by atoms with Crippen molar-refractivity contribution in [3.63, 3.8) is 0 Å². The van der Waals surface area contributed by atoms with E-state index in [1.54, 1.807) is 6.08 Å². The Balaban J connectivity index is 2.28. The number of hydrogen-bond acceptors (Lipinski definition) is 2. The summed E-state index contributed by atoms with van der Waals surface area (Å²) in [5, 5.41) is 2.82. The van der Waals surface area contributed by atoms with Crippen LogP contribution in [0.25, 0.3) is 0 Å². The van der Waals surface area contributed by atoms with Crippen molar-refractivity contribution in [3.8, 4) is 0 Å². The third kappa shape index (κ3) is 3.19. The van der Waals surface area contributed by atoms with Gasteiger partial charge in [-0.05, 0) is 25.8 Å². The number of rotatable bonds is 3. The lowest BCUT2D eigenvalue weighted by molar-refractivity contribution is -0.116. The molecular formula is C10H18N2O. The number of nitrogens with one attached hydrogen (secondary N) is 1. The Bertz CT molecular complexity index is 205. The van der Waals surface area contributed by atoms with Crippen molar-refractivity contribution in [2.45, 2.75) is 38.1 Å². The normalized spacial score (nSPS) is 20.8. The number of hydrogen-bond donors (Lipinski definition) is 2. The van der Waals surface area contributed by atoms with Gasteiger partial charge in [0, 0.05) is 12.1 Å². The van der Waals surface area contributed by atoms with Crippen molar-refractivity contribution >= 4 is 5.91 Å². The lowest BCUT2D eigenvalue weighted by Gasteiger charge is -2.23. The highest BCUT2D eigenvalue weighted by molar-refractivity contribution is 5.87. The number of carbonyl (C=O) groups excluding carboxylic acids is 1. The van der Waals surface area contributed by atoms with E-state index in [0.717, 1.165) is 12.8 Å². The Morgan fingerprint density at radius 2 is 2.15 bits per heavy atom. The lowest BCUT2D eigenvalue weighted by atomic mass is 9.99. The van der Waals surface area contributed by atoms with E-state index in [9.17, 15) is 4.79 Å². The summed E-state index contributed by atoms with van der Waals surface area (Å²) >= 11 is 0. The summed E-state index contributed by atoms with van der Waals surface area (Å²) in [6.45, 7) is 2.43. The van der Waals surface area contributed by atoms with E-state index < -0.39 is 0 Å². The van der Waals surface area contributed by atoms with E-state index in [0.29, 0.717) is 6.54 Å². The number of carbonyl (C=O) groups is 1. The molecule has 0 aromatic rings. The first-order valence-corrected chi connectivity index (χ1v) is 4.86. The zero-order chi connectivity index (χ0) is 9.73. The van der Waals surface area contributed by atoms with Crippen LogP contribution in [0.2, 0.25) is 0 Å². The quantitative estimate of drug-likeness (QED) is 0.638. The van der Waals surface area contributed by atoms with Crippen LogP contribution >= 0.6 is 0 Å². The molecule has 1 rings (SSSR count). The Morgan fingerprint density at radius 3 is 2.69 bits per heavy atom. The molecule has 0 aromatic carbocycles. The van der Waals surface area contributed by atoms with Crippen molar-refractivity contribution in [2.75, 3.05) is 6.54 Å². The van der Waals surface area contributed by atoms with Crippen LogP contribution in [0.3, 0.4) is 0 Å². The van der Waals surface area contributed by atoms with E-state index in [4.69, 9.17) is 5.73 Å². The maximum absolute atomic E-state index is 11.1. The van der Waals surface area contributed by atoms with Crippen molar-refractivity contribution in [1.82, 2.24) is 5.32 Å². The second-order valence-electron chi connectivity index (χ2n) is 3.79. The second-order valence-corrected chi connectivity index (χ2v) is 3.79. The molecule has 0 radical (unpaired) electrons. The third-order valence-corrected chi connectivity index (χ3v) is 2.53. The molecule has 0 aliphatic heterocycles. The van der Waals surface area contributed by atoms with Gasteiger partial charge in [-0.25, -0.2) is 0 Å². The Morgan fingerprint density at radius 1 is 1.54 bits per heavy atom. The molecule has 74 valence electrons. The zero-order valence-electron chi connectivity index (χ0n) is 8.18. The molecule has 0 atom stereocenters. The van der Waals surface area contributed by atoms with Crippen LogP contribution in [0, 0.1) is 0 Å². The fourth-order valence-electron chi connectivity index (χ4n) is 1.73. The SMILES string of the molecule is C/C=C/C(=O)NCC1(N)CCCC1. The highest BCUT2D eigenvalue weighted by atomic mass is 16.1. The van der Waals surface area contributed by atoms with E-state index >= 15 is 0 Å². The minimum absolute atomic E-state index is 0.0424. The third-order valence-electron chi connectivity index (χ3n) is 2.53. The average molecular weight is 182 g/mol. The van der Waals surface area contributed by atoms with Gasteiger partial charge < -0.3 is 11.1 Å². The summed E-state index contributed by atoms with van der Waals surface area (Å²) < 4.78 is 0.